The molecule has 2 fully saturated rings. The van der Waals surface area contributed by atoms with E-state index in [4.69, 9.17) is 10.00 Å². The summed E-state index contributed by atoms with van der Waals surface area (Å²) in [5.41, 5.74) is 1.13. The van der Waals surface area contributed by atoms with E-state index < -0.39 is 0 Å². The zero-order valence-electron chi connectivity index (χ0n) is 12.4. The van der Waals surface area contributed by atoms with E-state index in [1.54, 1.807) is 24.3 Å². The lowest BCUT2D eigenvalue weighted by atomic mass is 10.2. The van der Waals surface area contributed by atoms with Crippen LogP contribution in [0, 0.1) is 11.3 Å². The second kappa shape index (κ2) is 6.77. The highest BCUT2D eigenvalue weighted by molar-refractivity contribution is 5.89. The summed E-state index contributed by atoms with van der Waals surface area (Å²) in [7, 11) is 0. The number of carbonyl (C=O) groups is 1. The molecule has 0 spiro atoms. The van der Waals surface area contributed by atoms with Gasteiger partial charge in [-0.1, -0.05) is 6.07 Å². The molecule has 0 aliphatic carbocycles. The van der Waals surface area contributed by atoms with E-state index in [0.717, 1.165) is 19.7 Å². The molecule has 2 heterocycles. The third-order valence-corrected chi connectivity index (χ3v) is 4.20. The van der Waals surface area contributed by atoms with Crippen LogP contribution in [0.1, 0.15) is 18.4 Å². The van der Waals surface area contributed by atoms with Crippen LogP contribution in [0.2, 0.25) is 0 Å². The molecule has 2 aliphatic heterocycles. The Balaban J connectivity index is 1.45. The zero-order chi connectivity index (χ0) is 15.4. The van der Waals surface area contributed by atoms with Gasteiger partial charge in [0.05, 0.1) is 24.3 Å². The number of morpholine rings is 1. The lowest BCUT2D eigenvalue weighted by molar-refractivity contribution is -0.0456. The van der Waals surface area contributed by atoms with Crippen LogP contribution in [0.3, 0.4) is 0 Å². The predicted octanol–water partition coefficient (Wildman–Crippen LogP) is 1.54. The standard InChI is InChI=1S/C16H20N4O2/c17-8-12-3-1-4-13(7-12)19-16(21)18-9-15-10-20-6-2-5-14(20)11-22-15/h1,3-4,7,14-15H,2,5-6,9-11H2,(H2,18,19,21)/t14-,15-/m0/s1. The summed E-state index contributed by atoms with van der Waals surface area (Å²) in [5.74, 6) is 0. The summed E-state index contributed by atoms with van der Waals surface area (Å²) in [6.45, 7) is 3.28. The van der Waals surface area contributed by atoms with E-state index in [9.17, 15) is 4.79 Å². The molecule has 22 heavy (non-hydrogen) atoms. The number of nitrogens with one attached hydrogen (secondary N) is 2. The fraction of sp³-hybridized carbons (Fsp3) is 0.500. The third kappa shape index (κ3) is 3.56. The molecule has 6 heteroatoms. The van der Waals surface area contributed by atoms with E-state index in [1.165, 1.54) is 12.8 Å². The van der Waals surface area contributed by atoms with Gasteiger partial charge in [0, 0.05) is 24.8 Å². The number of hydrogen-bond acceptors (Lipinski definition) is 4. The van der Waals surface area contributed by atoms with Crippen molar-refractivity contribution in [2.45, 2.75) is 25.0 Å². The number of nitrogens with zero attached hydrogens (tertiary/aromatic N) is 2. The molecule has 3 rings (SSSR count). The number of benzene rings is 1. The molecule has 116 valence electrons. The molecule has 2 N–H and O–H groups in total. The Morgan fingerprint density at radius 3 is 3.27 bits per heavy atom. The normalized spacial score (nSPS) is 24.3. The highest BCUT2D eigenvalue weighted by atomic mass is 16.5. The molecule has 2 atom stereocenters. The molecule has 1 aromatic carbocycles. The van der Waals surface area contributed by atoms with Crippen molar-refractivity contribution in [2.75, 3.05) is 31.6 Å². The largest absolute Gasteiger partial charge is 0.373 e. The van der Waals surface area contributed by atoms with Crippen molar-refractivity contribution in [2.24, 2.45) is 0 Å². The minimum atomic E-state index is -0.276. The zero-order valence-corrected chi connectivity index (χ0v) is 12.4. The number of anilines is 1. The van der Waals surface area contributed by atoms with Crippen LogP contribution >= 0.6 is 0 Å². The number of rotatable bonds is 3. The van der Waals surface area contributed by atoms with Crippen molar-refractivity contribution >= 4 is 11.7 Å². The SMILES string of the molecule is N#Cc1cccc(NC(=O)NC[C@H]2CN3CCC[C@H]3CO2)c1. The molecule has 2 aliphatic rings. The Morgan fingerprint density at radius 1 is 1.50 bits per heavy atom. The van der Waals surface area contributed by atoms with E-state index in [2.05, 4.69) is 15.5 Å². The Kier molecular flexibility index (Phi) is 4.56. The molecular weight excluding hydrogens is 280 g/mol. The smallest absolute Gasteiger partial charge is 0.319 e. The van der Waals surface area contributed by atoms with Gasteiger partial charge in [0.1, 0.15) is 0 Å². The van der Waals surface area contributed by atoms with Crippen molar-refractivity contribution in [3.05, 3.63) is 29.8 Å². The first-order chi connectivity index (χ1) is 10.7. The number of carbonyl (C=O) groups excluding carboxylic acids is 1. The molecule has 0 aromatic heterocycles. The highest BCUT2D eigenvalue weighted by Crippen LogP contribution is 2.22. The monoisotopic (exact) mass is 300 g/mol. The van der Waals surface area contributed by atoms with E-state index in [1.807, 2.05) is 6.07 Å². The van der Waals surface area contributed by atoms with E-state index >= 15 is 0 Å². The summed E-state index contributed by atoms with van der Waals surface area (Å²) in [6, 6.07) is 9.18. The number of nitriles is 1. The Hall–Kier alpha value is -2.10. The van der Waals surface area contributed by atoms with Gasteiger partial charge in [0.2, 0.25) is 0 Å². The van der Waals surface area contributed by atoms with Crippen LogP contribution in [-0.4, -0.2) is 49.3 Å². The van der Waals surface area contributed by atoms with Gasteiger partial charge in [-0.05, 0) is 37.6 Å². The summed E-state index contributed by atoms with van der Waals surface area (Å²) in [6.07, 6.45) is 2.50. The predicted molar refractivity (Wildman–Crippen MR) is 82.5 cm³/mol. The molecule has 0 unspecified atom stereocenters. The first kappa shape index (κ1) is 14.8. The minimum absolute atomic E-state index is 0.0468. The highest BCUT2D eigenvalue weighted by Gasteiger charge is 2.32. The Bertz CT molecular complexity index is 584. The van der Waals surface area contributed by atoms with Crippen molar-refractivity contribution in [1.29, 1.82) is 5.26 Å². The first-order valence-electron chi connectivity index (χ1n) is 7.65. The number of amides is 2. The van der Waals surface area contributed by atoms with Crippen molar-refractivity contribution in [3.8, 4) is 6.07 Å². The fourth-order valence-electron chi connectivity index (χ4n) is 3.06. The van der Waals surface area contributed by atoms with E-state index in [0.29, 0.717) is 23.8 Å². The van der Waals surface area contributed by atoms with Gasteiger partial charge in [-0.25, -0.2) is 4.79 Å². The average molecular weight is 300 g/mol. The second-order valence-electron chi connectivity index (χ2n) is 5.77. The quantitative estimate of drug-likeness (QED) is 0.887. The van der Waals surface area contributed by atoms with Crippen molar-refractivity contribution < 1.29 is 9.53 Å². The van der Waals surface area contributed by atoms with Gasteiger partial charge in [-0.15, -0.1) is 0 Å². The molecule has 6 nitrogen and oxygen atoms in total. The first-order valence-corrected chi connectivity index (χ1v) is 7.65. The van der Waals surface area contributed by atoms with Crippen LogP contribution in [0.5, 0.6) is 0 Å². The summed E-state index contributed by atoms with van der Waals surface area (Å²) in [5, 5.41) is 14.4. The molecule has 1 aromatic rings. The van der Waals surface area contributed by atoms with Crippen LogP contribution in [0.4, 0.5) is 10.5 Å². The minimum Gasteiger partial charge on any atom is -0.373 e. The van der Waals surface area contributed by atoms with Crippen LogP contribution in [0.25, 0.3) is 0 Å². The average Bonchev–Trinajstić information content (AvgIpc) is 3.00. The molecule has 2 saturated heterocycles. The maximum absolute atomic E-state index is 11.9. The number of fused-ring (bicyclic) bond motifs is 1. The molecule has 0 saturated carbocycles. The van der Waals surface area contributed by atoms with Crippen molar-refractivity contribution in [3.63, 3.8) is 0 Å². The second-order valence-corrected chi connectivity index (χ2v) is 5.77. The topological polar surface area (TPSA) is 77.4 Å². The van der Waals surface area contributed by atoms with Gasteiger partial charge in [0.15, 0.2) is 0 Å². The van der Waals surface area contributed by atoms with Crippen LogP contribution in [0.15, 0.2) is 24.3 Å². The fourth-order valence-corrected chi connectivity index (χ4v) is 3.06. The van der Waals surface area contributed by atoms with Crippen molar-refractivity contribution in [1.82, 2.24) is 10.2 Å². The van der Waals surface area contributed by atoms with Gasteiger partial charge < -0.3 is 15.4 Å². The molecule has 2 amide bonds. The lowest BCUT2D eigenvalue weighted by Gasteiger charge is -2.35. The van der Waals surface area contributed by atoms with Gasteiger partial charge in [0.25, 0.3) is 0 Å². The van der Waals surface area contributed by atoms with E-state index in [-0.39, 0.29) is 12.1 Å². The number of urea groups is 1. The Morgan fingerprint density at radius 2 is 2.41 bits per heavy atom. The number of hydrogen-bond donors (Lipinski definition) is 2. The van der Waals surface area contributed by atoms with Gasteiger partial charge in [-0.3, -0.25) is 4.90 Å². The lowest BCUT2D eigenvalue weighted by Crippen LogP contribution is -2.50. The molecule has 0 radical (unpaired) electrons. The number of ether oxygens (including phenoxy) is 1. The molecular formula is C16H20N4O2. The summed E-state index contributed by atoms with van der Waals surface area (Å²) >= 11 is 0. The third-order valence-electron chi connectivity index (χ3n) is 4.20. The summed E-state index contributed by atoms with van der Waals surface area (Å²) in [4.78, 5) is 14.4. The maximum Gasteiger partial charge on any atom is 0.319 e. The van der Waals surface area contributed by atoms with Crippen LogP contribution < -0.4 is 10.6 Å². The van der Waals surface area contributed by atoms with Gasteiger partial charge >= 0.3 is 6.03 Å². The van der Waals surface area contributed by atoms with Crippen LogP contribution in [-0.2, 0) is 4.74 Å². The van der Waals surface area contributed by atoms with Gasteiger partial charge in [-0.2, -0.15) is 5.26 Å². The summed E-state index contributed by atoms with van der Waals surface area (Å²) < 4.78 is 5.80. The maximum atomic E-state index is 11.9. The molecule has 0 bridgehead atoms. The Labute approximate surface area is 130 Å².